The van der Waals surface area contributed by atoms with Crippen LogP contribution in [0, 0.1) is 0 Å². The molecular weight excluding hydrogens is 118 g/mol. The predicted molar refractivity (Wildman–Crippen MR) is 30.0 cm³/mol. The Hall–Kier alpha value is 0.315. The first-order valence-electron chi connectivity index (χ1n) is 1.75. The van der Waals surface area contributed by atoms with Crippen LogP contribution in [0.2, 0.25) is 0 Å². The summed E-state index contributed by atoms with van der Waals surface area (Å²) >= 11 is 0. The van der Waals surface area contributed by atoms with Gasteiger partial charge in [0.2, 0.25) is 0 Å². The molecule has 7 heavy (non-hydrogen) atoms. The molecule has 42 valence electrons. The second kappa shape index (κ2) is 2.06. The van der Waals surface area contributed by atoms with E-state index in [0.29, 0.717) is 0 Å². The Morgan fingerprint density at radius 1 is 1.43 bits per heavy atom. The second-order valence-corrected chi connectivity index (χ2v) is 3.43. The number of hydrogen-bond donors (Lipinski definition) is 0. The van der Waals surface area contributed by atoms with Crippen molar-refractivity contribution in [1.82, 2.24) is 4.67 Å². The van der Waals surface area contributed by atoms with E-state index in [-0.39, 0.29) is 0 Å². The van der Waals surface area contributed by atoms with Gasteiger partial charge in [0.15, 0.2) is 0 Å². The Bertz CT molecular complexity index is 97.9. The predicted octanol–water partition coefficient (Wildman–Crippen LogP) is 1.07. The second-order valence-electron chi connectivity index (χ2n) is 1.44. The number of halogens is 2. The van der Waals surface area contributed by atoms with Gasteiger partial charge >= 0.3 is 41.9 Å². The molecule has 0 radical (unpaired) electrons. The van der Waals surface area contributed by atoms with Crippen molar-refractivity contribution in [3.8, 4) is 0 Å². The summed E-state index contributed by atoms with van der Waals surface area (Å²) < 4.78 is 24.4. The molecule has 0 aliphatic carbocycles. The van der Waals surface area contributed by atoms with E-state index in [4.69, 9.17) is 0 Å². The molecule has 1 nitrogen and oxygen atoms in total. The van der Waals surface area contributed by atoms with Gasteiger partial charge in [0.05, 0.1) is 0 Å². The molecule has 0 aromatic rings. The van der Waals surface area contributed by atoms with Crippen LogP contribution in [0.15, 0.2) is 0 Å². The van der Waals surface area contributed by atoms with E-state index in [2.05, 4.69) is 7.18 Å². The molecule has 0 spiro atoms. The van der Waals surface area contributed by atoms with Gasteiger partial charge in [-0.15, -0.1) is 0 Å². The molecule has 0 amide bonds. The zero-order valence-electron chi connectivity index (χ0n) is 4.36. The summed E-state index contributed by atoms with van der Waals surface area (Å²) in [5.41, 5.74) is 0. The third-order valence-electron chi connectivity index (χ3n) is 0.585. The monoisotopic (exact) mass is 125 g/mol. The van der Waals surface area contributed by atoms with Gasteiger partial charge in [-0.3, -0.25) is 0 Å². The molecule has 0 aromatic heterocycles. The van der Waals surface area contributed by atoms with Gasteiger partial charge in [-0.05, 0) is 0 Å². The normalized spacial score (nSPS) is 12.6. The van der Waals surface area contributed by atoms with E-state index in [0.717, 1.165) is 4.67 Å². The Morgan fingerprint density at radius 3 is 1.57 bits per heavy atom. The van der Waals surface area contributed by atoms with Gasteiger partial charge in [0.1, 0.15) is 0 Å². The molecule has 0 aromatic carbocycles. The van der Waals surface area contributed by atoms with Gasteiger partial charge in [-0.25, -0.2) is 0 Å². The zero-order chi connectivity index (χ0) is 6.08. The van der Waals surface area contributed by atoms with Crippen LogP contribution in [-0.4, -0.2) is 26.0 Å². The summed E-state index contributed by atoms with van der Waals surface area (Å²) in [6.45, 7) is 0. The van der Waals surface area contributed by atoms with Crippen molar-refractivity contribution in [1.29, 1.82) is 0 Å². The average Bonchev–Trinajstić information content (AvgIpc) is 1.31. The van der Waals surface area contributed by atoms with Crippen molar-refractivity contribution in [3.63, 3.8) is 0 Å². The summed E-state index contributed by atoms with van der Waals surface area (Å²) in [6, 6.07) is 0. The van der Waals surface area contributed by atoms with Gasteiger partial charge < -0.3 is 0 Å². The minimum atomic E-state index is -3.90. The van der Waals surface area contributed by atoms with Crippen LogP contribution in [0.5, 0.6) is 0 Å². The molecule has 0 heterocycles. The molecule has 5 heteroatoms. The van der Waals surface area contributed by atoms with Crippen LogP contribution in [0.4, 0.5) is 8.39 Å². The summed E-state index contributed by atoms with van der Waals surface area (Å²) in [5, 5.41) is 0. The Balaban J connectivity index is 3.80. The van der Waals surface area contributed by atoms with E-state index in [1.807, 2.05) is 0 Å². The molecule has 0 bridgehead atoms. The topological polar surface area (TPSA) is 3.24 Å². The van der Waals surface area contributed by atoms with Crippen LogP contribution >= 0.6 is 7.53 Å². The number of nitrogens with zero attached hydrogens (tertiary/aromatic N) is 1. The summed E-state index contributed by atoms with van der Waals surface area (Å²) in [6.07, 6.45) is 0. The van der Waals surface area contributed by atoms with E-state index in [1.54, 1.807) is 0 Å². The third kappa shape index (κ3) is 2.95. The van der Waals surface area contributed by atoms with Crippen molar-refractivity contribution in [3.05, 3.63) is 0 Å². The minimum absolute atomic E-state index is 0.854. The summed E-state index contributed by atoms with van der Waals surface area (Å²) in [4.78, 5) is 0. The standard InChI is InChI=1S/C2H7BF2NP/c1-6(2)7(3,4)5/h3H,1-2H3. The van der Waals surface area contributed by atoms with Crippen LogP contribution in [0.3, 0.4) is 0 Å². The van der Waals surface area contributed by atoms with Crippen LogP contribution in [0.25, 0.3) is 0 Å². The molecule has 0 saturated carbocycles. The SMILES string of the molecule is B=P(F)(F)N(C)C. The Morgan fingerprint density at radius 2 is 1.57 bits per heavy atom. The van der Waals surface area contributed by atoms with Crippen LogP contribution in [-0.2, 0) is 0 Å². The zero-order valence-corrected chi connectivity index (χ0v) is 5.25. The molecular formula is C2H7BF2NP. The van der Waals surface area contributed by atoms with Crippen molar-refractivity contribution < 1.29 is 8.39 Å². The first kappa shape index (κ1) is 7.31. The molecule has 0 saturated heterocycles. The fourth-order valence-electron chi connectivity index (χ4n) is 0. The van der Waals surface area contributed by atoms with E-state index < -0.39 is 7.53 Å². The molecule has 0 unspecified atom stereocenters. The molecule has 0 atom stereocenters. The summed E-state index contributed by atoms with van der Waals surface area (Å²) in [5.74, 6) is 0. The van der Waals surface area contributed by atoms with Crippen LogP contribution < -0.4 is 0 Å². The quantitative estimate of drug-likeness (QED) is 0.374. The van der Waals surface area contributed by atoms with Gasteiger partial charge in [0, 0.05) is 0 Å². The number of rotatable bonds is 1. The molecule has 0 aliphatic rings. The van der Waals surface area contributed by atoms with Gasteiger partial charge in [0.25, 0.3) is 0 Å². The van der Waals surface area contributed by atoms with Crippen molar-refractivity contribution in [2.24, 2.45) is 0 Å². The molecule has 0 aliphatic heterocycles. The Kier molecular flexibility index (Phi) is 2.15. The Labute approximate surface area is 42.9 Å². The van der Waals surface area contributed by atoms with Crippen molar-refractivity contribution in [2.75, 3.05) is 14.1 Å². The average molecular weight is 125 g/mol. The van der Waals surface area contributed by atoms with E-state index >= 15 is 0 Å². The third-order valence-corrected chi connectivity index (χ3v) is 1.76. The van der Waals surface area contributed by atoms with Gasteiger partial charge in [-0.1, -0.05) is 0 Å². The van der Waals surface area contributed by atoms with E-state index in [1.165, 1.54) is 14.1 Å². The maximum atomic E-state index is 11.8. The van der Waals surface area contributed by atoms with Crippen molar-refractivity contribution in [2.45, 2.75) is 0 Å². The molecule has 0 N–H and O–H groups in total. The molecule has 0 fully saturated rings. The fraction of sp³-hybridized carbons (Fsp3) is 1.00. The first-order valence-corrected chi connectivity index (χ1v) is 3.46. The van der Waals surface area contributed by atoms with E-state index in [9.17, 15) is 8.39 Å². The fourth-order valence-corrected chi connectivity index (χ4v) is 0. The number of hydrogen-bond acceptors (Lipinski definition) is 1. The van der Waals surface area contributed by atoms with Crippen LogP contribution in [0.1, 0.15) is 0 Å². The van der Waals surface area contributed by atoms with Gasteiger partial charge in [-0.2, -0.15) is 0 Å². The molecule has 0 rings (SSSR count). The van der Waals surface area contributed by atoms with Crippen molar-refractivity contribution >= 4 is 14.7 Å². The first-order chi connectivity index (χ1) is 2.94. The summed E-state index contributed by atoms with van der Waals surface area (Å²) in [7, 11) is 1.41. The maximum absolute atomic E-state index is 11.8.